The van der Waals surface area contributed by atoms with Gasteiger partial charge in [0.1, 0.15) is 5.82 Å². The van der Waals surface area contributed by atoms with Crippen LogP contribution < -0.4 is 10.2 Å². The lowest BCUT2D eigenvalue weighted by atomic mass is 10.00. The fourth-order valence-electron chi connectivity index (χ4n) is 3.16. The summed E-state index contributed by atoms with van der Waals surface area (Å²) in [6, 6.07) is 4.35. The van der Waals surface area contributed by atoms with Crippen LogP contribution in [-0.2, 0) is 12.8 Å². The average molecular weight is 320 g/mol. The van der Waals surface area contributed by atoms with Crippen LogP contribution in [0.25, 0.3) is 11.0 Å². The highest BCUT2D eigenvalue weighted by Crippen LogP contribution is 2.32. The zero-order valence-corrected chi connectivity index (χ0v) is 14.0. The number of aromatic amines is 1. The summed E-state index contributed by atoms with van der Waals surface area (Å²) in [4.78, 5) is 10.7. The van der Waals surface area contributed by atoms with E-state index in [4.69, 9.17) is 4.98 Å². The van der Waals surface area contributed by atoms with Gasteiger partial charge < -0.3 is 15.2 Å². The molecule has 1 aromatic heterocycles. The number of benzene rings is 1. The van der Waals surface area contributed by atoms with Crippen LogP contribution in [0.5, 0.6) is 0 Å². The summed E-state index contributed by atoms with van der Waals surface area (Å²) < 4.78 is 0. The van der Waals surface area contributed by atoms with Crippen LogP contribution in [0.3, 0.4) is 0 Å². The van der Waals surface area contributed by atoms with Crippen LogP contribution in [0.4, 0.5) is 5.69 Å². The third-order valence-corrected chi connectivity index (χ3v) is 4.20. The molecule has 0 unspecified atom stereocenters. The second-order valence-corrected chi connectivity index (χ2v) is 5.84. The van der Waals surface area contributed by atoms with Crippen LogP contribution in [0.1, 0.15) is 17.8 Å². The van der Waals surface area contributed by atoms with Gasteiger partial charge in [-0.15, -0.1) is 6.58 Å². The van der Waals surface area contributed by atoms with Gasteiger partial charge in [0.25, 0.3) is 0 Å². The standard InChI is InChI=1S/C20H24N4/c1-3-14-24-15-8-9-16-18(24)12-11-17-20(16)23-19(22-17)10-6-5-7-13-21-4-2/h3-7,11-13,21H,1-2,8-10,14-15H2,(H,22,23)/b6-5-,13-7-. The highest BCUT2D eigenvalue weighted by Gasteiger charge is 2.19. The van der Waals surface area contributed by atoms with E-state index in [1.165, 1.54) is 17.7 Å². The number of rotatable bonds is 7. The number of fused-ring (bicyclic) bond motifs is 3. The summed E-state index contributed by atoms with van der Waals surface area (Å²) >= 11 is 0. The molecule has 4 nitrogen and oxygen atoms in total. The summed E-state index contributed by atoms with van der Waals surface area (Å²) in [7, 11) is 0. The molecule has 1 aliphatic heterocycles. The second kappa shape index (κ2) is 7.68. The molecule has 0 spiro atoms. The van der Waals surface area contributed by atoms with Crippen molar-refractivity contribution in [1.82, 2.24) is 15.3 Å². The summed E-state index contributed by atoms with van der Waals surface area (Å²) in [5.41, 5.74) is 4.91. The minimum atomic E-state index is 0.790. The summed E-state index contributed by atoms with van der Waals surface area (Å²) in [5.74, 6) is 1.00. The van der Waals surface area contributed by atoms with Gasteiger partial charge in [0.15, 0.2) is 0 Å². The molecule has 124 valence electrons. The maximum Gasteiger partial charge on any atom is 0.111 e. The molecule has 0 saturated carbocycles. The molecule has 1 aromatic carbocycles. The van der Waals surface area contributed by atoms with E-state index < -0.39 is 0 Å². The summed E-state index contributed by atoms with van der Waals surface area (Å²) in [6.07, 6.45) is 14.5. The van der Waals surface area contributed by atoms with Crippen molar-refractivity contribution in [3.63, 3.8) is 0 Å². The normalized spacial score (nSPS) is 14.4. The van der Waals surface area contributed by atoms with Gasteiger partial charge in [-0.25, -0.2) is 4.98 Å². The Hall–Kier alpha value is -2.75. The molecule has 0 aliphatic carbocycles. The summed E-state index contributed by atoms with van der Waals surface area (Å²) in [5, 5.41) is 2.91. The first kappa shape index (κ1) is 16.1. The van der Waals surface area contributed by atoms with E-state index in [1.54, 1.807) is 6.20 Å². The topological polar surface area (TPSA) is 44.0 Å². The SMILES string of the molecule is C=CCN1CCCc2c1ccc1[nH]c(C/C=C\C=C/NC=C)nc21. The number of anilines is 1. The van der Waals surface area contributed by atoms with Crippen LogP contribution in [0, 0.1) is 0 Å². The van der Waals surface area contributed by atoms with Gasteiger partial charge in [0, 0.05) is 37.0 Å². The van der Waals surface area contributed by atoms with E-state index in [0.717, 1.165) is 42.8 Å². The number of aromatic nitrogens is 2. The van der Waals surface area contributed by atoms with Crippen LogP contribution in [0.15, 0.2) is 62.0 Å². The minimum Gasteiger partial charge on any atom is -0.368 e. The molecule has 0 saturated heterocycles. The first-order valence-corrected chi connectivity index (χ1v) is 8.38. The van der Waals surface area contributed by atoms with Gasteiger partial charge in [-0.3, -0.25) is 0 Å². The Morgan fingerprint density at radius 3 is 3.04 bits per heavy atom. The molecule has 2 N–H and O–H groups in total. The third kappa shape index (κ3) is 3.43. The molecular weight excluding hydrogens is 296 g/mol. The van der Waals surface area contributed by atoms with Crippen molar-refractivity contribution >= 4 is 16.7 Å². The van der Waals surface area contributed by atoms with E-state index >= 15 is 0 Å². The fraction of sp³-hybridized carbons (Fsp3) is 0.250. The molecule has 0 amide bonds. The zero-order valence-electron chi connectivity index (χ0n) is 14.0. The minimum absolute atomic E-state index is 0.790. The Morgan fingerprint density at radius 1 is 1.29 bits per heavy atom. The van der Waals surface area contributed by atoms with Gasteiger partial charge in [-0.05, 0) is 37.3 Å². The van der Waals surface area contributed by atoms with Crippen LogP contribution in [0.2, 0.25) is 0 Å². The quantitative estimate of drug-likeness (QED) is 0.601. The van der Waals surface area contributed by atoms with Gasteiger partial charge in [-0.2, -0.15) is 0 Å². The van der Waals surface area contributed by atoms with Gasteiger partial charge in [0.05, 0.1) is 11.0 Å². The number of nitrogens with zero attached hydrogens (tertiary/aromatic N) is 2. The smallest absolute Gasteiger partial charge is 0.111 e. The molecule has 0 fully saturated rings. The van der Waals surface area contributed by atoms with Crippen molar-refractivity contribution in [2.24, 2.45) is 0 Å². The van der Waals surface area contributed by atoms with Gasteiger partial charge in [0.2, 0.25) is 0 Å². The molecule has 24 heavy (non-hydrogen) atoms. The molecule has 0 radical (unpaired) electrons. The van der Waals surface area contributed by atoms with E-state index in [1.807, 2.05) is 24.4 Å². The maximum atomic E-state index is 4.84. The van der Waals surface area contributed by atoms with E-state index in [2.05, 4.69) is 46.6 Å². The van der Waals surface area contributed by atoms with Crippen LogP contribution in [-0.4, -0.2) is 23.1 Å². The largest absolute Gasteiger partial charge is 0.368 e. The molecule has 3 rings (SSSR count). The number of hydrogen-bond acceptors (Lipinski definition) is 3. The number of nitrogens with one attached hydrogen (secondary N) is 2. The lowest BCUT2D eigenvalue weighted by molar-refractivity contribution is 0.725. The first-order chi connectivity index (χ1) is 11.8. The Balaban J connectivity index is 1.81. The fourth-order valence-corrected chi connectivity index (χ4v) is 3.16. The van der Waals surface area contributed by atoms with Gasteiger partial charge in [-0.1, -0.05) is 24.8 Å². The number of aryl methyl sites for hydroxylation is 1. The highest BCUT2D eigenvalue weighted by molar-refractivity contribution is 5.85. The van der Waals surface area contributed by atoms with Crippen molar-refractivity contribution in [2.45, 2.75) is 19.3 Å². The molecular formula is C20H24N4. The molecule has 4 heteroatoms. The Morgan fingerprint density at radius 2 is 2.21 bits per heavy atom. The Kier molecular flexibility index (Phi) is 5.16. The van der Waals surface area contributed by atoms with Crippen molar-refractivity contribution in [1.29, 1.82) is 0 Å². The Bertz CT molecular complexity index is 782. The van der Waals surface area contributed by atoms with Crippen molar-refractivity contribution in [3.8, 4) is 0 Å². The van der Waals surface area contributed by atoms with Crippen molar-refractivity contribution < 1.29 is 0 Å². The Labute approximate surface area is 143 Å². The highest BCUT2D eigenvalue weighted by atomic mass is 15.1. The number of imidazole rings is 1. The number of allylic oxidation sites excluding steroid dienone is 3. The van der Waals surface area contributed by atoms with E-state index in [-0.39, 0.29) is 0 Å². The molecule has 1 aliphatic rings. The molecule has 0 bridgehead atoms. The van der Waals surface area contributed by atoms with E-state index in [9.17, 15) is 0 Å². The summed E-state index contributed by atoms with van der Waals surface area (Å²) in [6.45, 7) is 9.45. The zero-order chi connectivity index (χ0) is 16.8. The number of H-pyrrole nitrogens is 1. The monoisotopic (exact) mass is 320 g/mol. The van der Waals surface area contributed by atoms with Crippen molar-refractivity contribution in [2.75, 3.05) is 18.0 Å². The second-order valence-electron chi connectivity index (χ2n) is 5.84. The predicted octanol–water partition coefficient (Wildman–Crippen LogP) is 3.85. The van der Waals surface area contributed by atoms with Crippen LogP contribution >= 0.6 is 0 Å². The average Bonchev–Trinajstić information content (AvgIpc) is 3.02. The third-order valence-electron chi connectivity index (χ3n) is 4.20. The lowest BCUT2D eigenvalue weighted by Crippen LogP contribution is -2.29. The number of hydrogen-bond donors (Lipinski definition) is 2. The van der Waals surface area contributed by atoms with Gasteiger partial charge >= 0.3 is 0 Å². The lowest BCUT2D eigenvalue weighted by Gasteiger charge is -2.30. The molecule has 2 heterocycles. The predicted molar refractivity (Wildman–Crippen MR) is 102 cm³/mol. The maximum absolute atomic E-state index is 4.84. The first-order valence-electron chi connectivity index (χ1n) is 8.38. The van der Waals surface area contributed by atoms with E-state index in [0.29, 0.717) is 0 Å². The molecule has 0 atom stereocenters. The van der Waals surface area contributed by atoms with Crippen molar-refractivity contribution in [3.05, 3.63) is 73.4 Å². The molecule has 2 aromatic rings.